The van der Waals surface area contributed by atoms with E-state index in [4.69, 9.17) is 10.5 Å². The molecule has 0 atom stereocenters. The average Bonchev–Trinajstić information content (AvgIpc) is 2.18. The standard InChI is InChI=1S/C10H14N2O2/c1-3-6-14-7-12-8(2)9(11)4-5-10(12)13/h3-5H,1,6-7,11H2,2H3. The lowest BCUT2D eigenvalue weighted by atomic mass is 10.3. The fraction of sp³-hybridized carbons (Fsp3) is 0.300. The third-order valence-electron chi connectivity index (χ3n) is 1.95. The maximum atomic E-state index is 11.4. The van der Waals surface area contributed by atoms with E-state index in [1.165, 1.54) is 10.6 Å². The van der Waals surface area contributed by atoms with E-state index in [2.05, 4.69) is 6.58 Å². The molecule has 2 N–H and O–H groups in total. The molecule has 4 nitrogen and oxygen atoms in total. The molecule has 0 bridgehead atoms. The van der Waals surface area contributed by atoms with Gasteiger partial charge in [0.25, 0.3) is 5.56 Å². The number of anilines is 1. The van der Waals surface area contributed by atoms with Crippen LogP contribution in [0.15, 0.2) is 29.6 Å². The van der Waals surface area contributed by atoms with Gasteiger partial charge in [-0.15, -0.1) is 6.58 Å². The molecule has 1 heterocycles. The molecule has 4 heteroatoms. The van der Waals surface area contributed by atoms with Gasteiger partial charge in [-0.2, -0.15) is 0 Å². The van der Waals surface area contributed by atoms with Crippen molar-refractivity contribution in [1.82, 2.24) is 4.57 Å². The van der Waals surface area contributed by atoms with E-state index in [9.17, 15) is 4.79 Å². The Hall–Kier alpha value is -1.55. The van der Waals surface area contributed by atoms with E-state index in [1.807, 2.05) is 0 Å². The van der Waals surface area contributed by atoms with Crippen molar-refractivity contribution in [2.45, 2.75) is 13.7 Å². The Balaban J connectivity index is 2.89. The summed E-state index contributed by atoms with van der Waals surface area (Å²) in [4.78, 5) is 11.4. The van der Waals surface area contributed by atoms with E-state index in [-0.39, 0.29) is 12.3 Å². The van der Waals surface area contributed by atoms with Crippen LogP contribution in [0.25, 0.3) is 0 Å². The minimum absolute atomic E-state index is 0.110. The van der Waals surface area contributed by atoms with Gasteiger partial charge >= 0.3 is 0 Å². The highest BCUT2D eigenvalue weighted by molar-refractivity contribution is 5.41. The molecular formula is C10H14N2O2. The van der Waals surface area contributed by atoms with Crippen LogP contribution in [0.5, 0.6) is 0 Å². The normalized spacial score (nSPS) is 10.1. The summed E-state index contributed by atoms with van der Waals surface area (Å²) in [5.74, 6) is 0. The molecule has 0 spiro atoms. The second-order valence-electron chi connectivity index (χ2n) is 2.93. The highest BCUT2D eigenvalue weighted by atomic mass is 16.5. The van der Waals surface area contributed by atoms with Gasteiger partial charge in [0.15, 0.2) is 0 Å². The molecule has 0 saturated carbocycles. The van der Waals surface area contributed by atoms with Crippen molar-refractivity contribution in [2.75, 3.05) is 12.3 Å². The lowest BCUT2D eigenvalue weighted by Gasteiger charge is -2.10. The van der Waals surface area contributed by atoms with E-state index in [1.54, 1.807) is 19.1 Å². The van der Waals surface area contributed by atoms with Crippen LogP contribution in [0.1, 0.15) is 5.69 Å². The topological polar surface area (TPSA) is 57.2 Å². The maximum absolute atomic E-state index is 11.4. The molecule has 1 aromatic rings. The smallest absolute Gasteiger partial charge is 0.252 e. The molecule has 0 unspecified atom stereocenters. The first-order chi connectivity index (χ1) is 6.66. The second kappa shape index (κ2) is 4.62. The van der Waals surface area contributed by atoms with Crippen molar-refractivity contribution in [3.8, 4) is 0 Å². The third kappa shape index (κ3) is 2.23. The first kappa shape index (κ1) is 10.5. The van der Waals surface area contributed by atoms with Crippen molar-refractivity contribution in [3.05, 3.63) is 40.8 Å². The number of hydrogen-bond acceptors (Lipinski definition) is 3. The molecular weight excluding hydrogens is 180 g/mol. The lowest BCUT2D eigenvalue weighted by Crippen LogP contribution is -2.23. The summed E-state index contributed by atoms with van der Waals surface area (Å²) < 4.78 is 6.66. The SMILES string of the molecule is C=CCOCn1c(C)c(N)ccc1=O. The summed E-state index contributed by atoms with van der Waals surface area (Å²) in [6, 6.07) is 3.03. The van der Waals surface area contributed by atoms with E-state index in [0.717, 1.165) is 5.69 Å². The van der Waals surface area contributed by atoms with Gasteiger partial charge in [-0.1, -0.05) is 6.08 Å². The largest absolute Gasteiger partial charge is 0.397 e. The summed E-state index contributed by atoms with van der Waals surface area (Å²) >= 11 is 0. The van der Waals surface area contributed by atoms with E-state index < -0.39 is 0 Å². The number of ether oxygens (including phenoxy) is 1. The van der Waals surface area contributed by atoms with Crippen molar-refractivity contribution in [3.63, 3.8) is 0 Å². The molecule has 0 aliphatic carbocycles. The first-order valence-electron chi connectivity index (χ1n) is 4.31. The lowest BCUT2D eigenvalue weighted by molar-refractivity contribution is 0.0964. The van der Waals surface area contributed by atoms with Crippen LogP contribution in [-0.4, -0.2) is 11.2 Å². The number of aromatic nitrogens is 1. The number of nitrogen functional groups attached to an aromatic ring is 1. The Morgan fingerprint density at radius 2 is 2.36 bits per heavy atom. The van der Waals surface area contributed by atoms with Crippen LogP contribution in [0, 0.1) is 6.92 Å². The van der Waals surface area contributed by atoms with Gasteiger partial charge in [0.05, 0.1) is 12.3 Å². The van der Waals surface area contributed by atoms with Crippen LogP contribution in [-0.2, 0) is 11.5 Å². The van der Waals surface area contributed by atoms with Gasteiger partial charge in [0.2, 0.25) is 0 Å². The number of pyridine rings is 1. The molecule has 0 saturated heterocycles. The second-order valence-corrected chi connectivity index (χ2v) is 2.93. The molecule has 1 aromatic heterocycles. The zero-order valence-electron chi connectivity index (χ0n) is 8.19. The van der Waals surface area contributed by atoms with Crippen LogP contribution in [0.4, 0.5) is 5.69 Å². The molecule has 0 amide bonds. The molecule has 1 rings (SSSR count). The Kier molecular flexibility index (Phi) is 3.48. The molecule has 14 heavy (non-hydrogen) atoms. The van der Waals surface area contributed by atoms with Crippen molar-refractivity contribution >= 4 is 5.69 Å². The molecule has 0 aromatic carbocycles. The summed E-state index contributed by atoms with van der Waals surface area (Å²) in [7, 11) is 0. The fourth-order valence-electron chi connectivity index (χ4n) is 1.08. The van der Waals surface area contributed by atoms with Crippen molar-refractivity contribution < 1.29 is 4.74 Å². The quantitative estimate of drug-likeness (QED) is 0.572. The van der Waals surface area contributed by atoms with Gasteiger partial charge in [-0.3, -0.25) is 9.36 Å². The first-order valence-corrected chi connectivity index (χ1v) is 4.31. The predicted molar refractivity (Wildman–Crippen MR) is 56.0 cm³/mol. The van der Waals surface area contributed by atoms with Crippen molar-refractivity contribution in [1.29, 1.82) is 0 Å². The number of nitrogens with two attached hydrogens (primary N) is 1. The number of hydrogen-bond donors (Lipinski definition) is 1. The number of nitrogens with zero attached hydrogens (tertiary/aromatic N) is 1. The minimum Gasteiger partial charge on any atom is -0.397 e. The van der Waals surface area contributed by atoms with Crippen molar-refractivity contribution in [2.24, 2.45) is 0 Å². The van der Waals surface area contributed by atoms with Crippen LogP contribution in [0.2, 0.25) is 0 Å². The van der Waals surface area contributed by atoms with Gasteiger partial charge in [-0.05, 0) is 13.0 Å². The Morgan fingerprint density at radius 1 is 1.64 bits per heavy atom. The maximum Gasteiger partial charge on any atom is 0.252 e. The fourth-order valence-corrected chi connectivity index (χ4v) is 1.08. The molecule has 0 aliphatic heterocycles. The van der Waals surface area contributed by atoms with Crippen LogP contribution < -0.4 is 11.3 Å². The summed E-state index contributed by atoms with van der Waals surface area (Å²) in [5, 5.41) is 0. The summed E-state index contributed by atoms with van der Waals surface area (Å²) in [5.41, 5.74) is 6.86. The molecule has 0 radical (unpaired) electrons. The Labute approximate surface area is 82.6 Å². The zero-order valence-corrected chi connectivity index (χ0v) is 8.19. The van der Waals surface area contributed by atoms with Crippen LogP contribution >= 0.6 is 0 Å². The Morgan fingerprint density at radius 3 is 3.00 bits per heavy atom. The van der Waals surface area contributed by atoms with E-state index in [0.29, 0.717) is 12.3 Å². The predicted octanol–water partition coefficient (Wildman–Crippen LogP) is 0.899. The highest BCUT2D eigenvalue weighted by Gasteiger charge is 2.02. The van der Waals surface area contributed by atoms with Gasteiger partial charge < -0.3 is 10.5 Å². The molecule has 0 aliphatic rings. The van der Waals surface area contributed by atoms with Crippen LogP contribution in [0.3, 0.4) is 0 Å². The van der Waals surface area contributed by atoms with Gasteiger partial charge in [0, 0.05) is 11.8 Å². The Bertz CT molecular complexity index is 382. The molecule has 0 fully saturated rings. The number of rotatable bonds is 4. The minimum atomic E-state index is -0.110. The zero-order chi connectivity index (χ0) is 10.6. The third-order valence-corrected chi connectivity index (χ3v) is 1.95. The van der Waals surface area contributed by atoms with E-state index >= 15 is 0 Å². The monoisotopic (exact) mass is 194 g/mol. The summed E-state index contributed by atoms with van der Waals surface area (Å²) in [6.45, 7) is 5.93. The summed E-state index contributed by atoms with van der Waals surface area (Å²) in [6.07, 6.45) is 1.63. The van der Waals surface area contributed by atoms with Gasteiger partial charge in [0.1, 0.15) is 6.73 Å². The van der Waals surface area contributed by atoms with Gasteiger partial charge in [-0.25, -0.2) is 0 Å². The highest BCUT2D eigenvalue weighted by Crippen LogP contribution is 2.05. The average molecular weight is 194 g/mol. The molecule has 76 valence electrons.